The van der Waals surface area contributed by atoms with Gasteiger partial charge in [-0.1, -0.05) is 29.8 Å². The van der Waals surface area contributed by atoms with Crippen LogP contribution in [0.2, 0.25) is 5.02 Å². The fraction of sp³-hybridized carbons (Fsp3) is 0.300. The number of halogens is 1. The van der Waals surface area contributed by atoms with E-state index in [2.05, 4.69) is 22.7 Å². The van der Waals surface area contributed by atoms with Gasteiger partial charge in [-0.2, -0.15) is 5.10 Å². The van der Waals surface area contributed by atoms with Crippen LogP contribution in [0, 0.1) is 13.8 Å². The van der Waals surface area contributed by atoms with Crippen LogP contribution in [0.5, 0.6) is 0 Å². The zero-order chi connectivity index (χ0) is 19.2. The fourth-order valence-corrected chi connectivity index (χ4v) is 3.10. The average molecular weight is 387 g/mol. The fourth-order valence-electron chi connectivity index (χ4n) is 2.90. The molecule has 0 aliphatic rings. The quantitative estimate of drug-likeness (QED) is 0.582. The Morgan fingerprint density at radius 2 is 2.00 bits per heavy atom. The lowest BCUT2D eigenvalue weighted by Crippen LogP contribution is -2.31. The number of nitrogens with zero attached hydrogens (tertiary/aromatic N) is 2. The number of aryl methyl sites for hydroxylation is 1. The summed E-state index contributed by atoms with van der Waals surface area (Å²) in [6.45, 7) is 6.58. The minimum absolute atomic E-state index is 0.207. The highest BCUT2D eigenvalue weighted by molar-refractivity contribution is 6.31. The molecule has 0 atom stereocenters. The lowest BCUT2D eigenvalue weighted by molar-refractivity contribution is 0.0926. The van der Waals surface area contributed by atoms with Gasteiger partial charge in [0.15, 0.2) is 5.76 Å². The van der Waals surface area contributed by atoms with Gasteiger partial charge < -0.3 is 15.1 Å². The van der Waals surface area contributed by atoms with E-state index in [9.17, 15) is 4.79 Å². The van der Waals surface area contributed by atoms with Gasteiger partial charge in [-0.3, -0.25) is 9.48 Å². The lowest BCUT2D eigenvalue weighted by atomic mass is 10.2. The second-order valence-corrected chi connectivity index (χ2v) is 6.72. The van der Waals surface area contributed by atoms with Crippen LogP contribution in [0.4, 0.5) is 0 Å². The van der Waals surface area contributed by atoms with Crippen molar-refractivity contribution in [3.63, 3.8) is 0 Å². The van der Waals surface area contributed by atoms with Crippen LogP contribution in [0.3, 0.4) is 0 Å². The Morgan fingerprint density at radius 1 is 1.19 bits per heavy atom. The molecular formula is C20H23ClN4O2. The van der Waals surface area contributed by atoms with Gasteiger partial charge in [0, 0.05) is 35.9 Å². The summed E-state index contributed by atoms with van der Waals surface area (Å²) < 4.78 is 7.04. The summed E-state index contributed by atoms with van der Waals surface area (Å²) in [6.07, 6.45) is 1.49. The Morgan fingerprint density at radius 3 is 2.74 bits per heavy atom. The molecule has 0 aliphatic carbocycles. The predicted molar refractivity (Wildman–Crippen MR) is 105 cm³/mol. The maximum absolute atomic E-state index is 11.8. The van der Waals surface area contributed by atoms with Crippen molar-refractivity contribution in [2.75, 3.05) is 13.1 Å². The maximum atomic E-state index is 11.8. The minimum Gasteiger partial charge on any atom is -0.459 e. The molecule has 0 unspecified atom stereocenters. The van der Waals surface area contributed by atoms with E-state index in [0.717, 1.165) is 22.0 Å². The molecule has 2 heterocycles. The van der Waals surface area contributed by atoms with E-state index in [0.29, 0.717) is 31.9 Å². The number of hydrogen-bond donors (Lipinski definition) is 2. The van der Waals surface area contributed by atoms with Crippen molar-refractivity contribution >= 4 is 17.5 Å². The van der Waals surface area contributed by atoms with E-state index >= 15 is 0 Å². The third-order valence-corrected chi connectivity index (χ3v) is 4.81. The zero-order valence-electron chi connectivity index (χ0n) is 15.5. The zero-order valence-corrected chi connectivity index (χ0v) is 16.2. The van der Waals surface area contributed by atoms with Crippen molar-refractivity contribution < 1.29 is 9.21 Å². The van der Waals surface area contributed by atoms with Gasteiger partial charge in [-0.15, -0.1) is 0 Å². The molecule has 0 spiro atoms. The molecule has 0 saturated heterocycles. The second kappa shape index (κ2) is 8.88. The van der Waals surface area contributed by atoms with Gasteiger partial charge in [0.05, 0.1) is 18.5 Å². The number of benzene rings is 1. The van der Waals surface area contributed by atoms with Crippen molar-refractivity contribution in [2.45, 2.75) is 26.9 Å². The van der Waals surface area contributed by atoms with Crippen LogP contribution in [0.15, 0.2) is 47.1 Å². The number of rotatable bonds is 8. The number of furan rings is 1. The molecule has 1 amide bonds. The van der Waals surface area contributed by atoms with Crippen molar-refractivity contribution in [3.05, 3.63) is 76.0 Å². The first-order chi connectivity index (χ1) is 13.1. The van der Waals surface area contributed by atoms with E-state index in [1.165, 1.54) is 11.8 Å². The number of aromatic nitrogens is 2. The molecule has 0 radical (unpaired) electrons. The first-order valence-corrected chi connectivity index (χ1v) is 9.22. The van der Waals surface area contributed by atoms with Gasteiger partial charge >= 0.3 is 0 Å². The van der Waals surface area contributed by atoms with Gasteiger partial charge in [-0.25, -0.2) is 0 Å². The molecule has 142 valence electrons. The number of amides is 1. The van der Waals surface area contributed by atoms with E-state index in [4.69, 9.17) is 16.0 Å². The Bertz CT molecular complexity index is 903. The Balaban J connectivity index is 1.51. The summed E-state index contributed by atoms with van der Waals surface area (Å²) in [6, 6.07) is 11.1. The van der Waals surface area contributed by atoms with E-state index in [1.807, 2.05) is 35.9 Å². The Hall–Kier alpha value is -2.57. The molecule has 3 aromatic rings. The summed E-state index contributed by atoms with van der Waals surface area (Å²) in [5.41, 5.74) is 4.32. The number of carbonyl (C=O) groups is 1. The molecule has 7 heteroatoms. The minimum atomic E-state index is -0.207. The normalized spacial score (nSPS) is 10.9. The van der Waals surface area contributed by atoms with Gasteiger partial charge in [0.2, 0.25) is 0 Å². The third-order valence-electron chi connectivity index (χ3n) is 4.44. The van der Waals surface area contributed by atoms with Crippen LogP contribution in [-0.2, 0) is 13.1 Å². The molecule has 6 nitrogen and oxygen atoms in total. The number of carbonyl (C=O) groups excluding carboxylic acids is 1. The molecule has 0 fully saturated rings. The summed E-state index contributed by atoms with van der Waals surface area (Å²) in [5, 5.41) is 11.6. The average Bonchev–Trinajstić information content (AvgIpc) is 3.27. The van der Waals surface area contributed by atoms with Crippen LogP contribution >= 0.6 is 11.6 Å². The first-order valence-electron chi connectivity index (χ1n) is 8.85. The van der Waals surface area contributed by atoms with Crippen molar-refractivity contribution in [3.8, 4) is 0 Å². The highest BCUT2D eigenvalue weighted by Crippen LogP contribution is 2.19. The SMILES string of the molecule is Cc1nn(Cc2ccccc2Cl)c(C)c1CNCCNC(=O)c1ccco1. The summed E-state index contributed by atoms with van der Waals surface area (Å²) in [7, 11) is 0. The van der Waals surface area contributed by atoms with Crippen LogP contribution in [0.25, 0.3) is 0 Å². The molecule has 3 rings (SSSR count). The molecule has 0 saturated carbocycles. The van der Waals surface area contributed by atoms with Crippen LogP contribution in [-0.4, -0.2) is 28.8 Å². The molecule has 0 aliphatic heterocycles. The van der Waals surface area contributed by atoms with Gasteiger partial charge in [-0.05, 0) is 37.6 Å². The van der Waals surface area contributed by atoms with Crippen molar-refractivity contribution in [2.24, 2.45) is 0 Å². The largest absolute Gasteiger partial charge is 0.459 e. The maximum Gasteiger partial charge on any atom is 0.287 e. The van der Waals surface area contributed by atoms with Gasteiger partial charge in [0.1, 0.15) is 0 Å². The molecular weight excluding hydrogens is 364 g/mol. The first kappa shape index (κ1) is 19.2. The second-order valence-electron chi connectivity index (χ2n) is 6.31. The predicted octanol–water partition coefficient (Wildman–Crippen LogP) is 3.31. The summed E-state index contributed by atoms with van der Waals surface area (Å²) in [4.78, 5) is 11.8. The van der Waals surface area contributed by atoms with E-state index in [-0.39, 0.29) is 5.91 Å². The molecule has 2 aromatic heterocycles. The van der Waals surface area contributed by atoms with Crippen molar-refractivity contribution in [1.29, 1.82) is 0 Å². The topological polar surface area (TPSA) is 72.1 Å². The van der Waals surface area contributed by atoms with Crippen LogP contribution in [0.1, 0.15) is 33.1 Å². The lowest BCUT2D eigenvalue weighted by Gasteiger charge is -2.08. The van der Waals surface area contributed by atoms with Gasteiger partial charge in [0.25, 0.3) is 5.91 Å². The standard InChI is InChI=1S/C20H23ClN4O2/c1-14-17(12-22-9-10-23-20(26)19-8-5-11-27-19)15(2)25(24-14)13-16-6-3-4-7-18(16)21/h3-8,11,22H,9-10,12-13H2,1-2H3,(H,23,26). The summed E-state index contributed by atoms with van der Waals surface area (Å²) in [5.74, 6) is 0.115. The highest BCUT2D eigenvalue weighted by atomic mass is 35.5. The van der Waals surface area contributed by atoms with Crippen LogP contribution < -0.4 is 10.6 Å². The number of hydrogen-bond acceptors (Lipinski definition) is 4. The van der Waals surface area contributed by atoms with Crippen molar-refractivity contribution in [1.82, 2.24) is 20.4 Å². The Kier molecular flexibility index (Phi) is 6.32. The van der Waals surface area contributed by atoms with E-state index in [1.54, 1.807) is 12.1 Å². The Labute approximate surface area is 163 Å². The number of nitrogens with one attached hydrogen (secondary N) is 2. The molecule has 27 heavy (non-hydrogen) atoms. The monoisotopic (exact) mass is 386 g/mol. The molecule has 0 bridgehead atoms. The van der Waals surface area contributed by atoms with E-state index < -0.39 is 0 Å². The summed E-state index contributed by atoms with van der Waals surface area (Å²) >= 11 is 6.26. The smallest absolute Gasteiger partial charge is 0.287 e. The molecule has 2 N–H and O–H groups in total. The molecule has 1 aromatic carbocycles. The third kappa shape index (κ3) is 4.78. The highest BCUT2D eigenvalue weighted by Gasteiger charge is 2.12.